The maximum atomic E-state index is 5.01. The molecule has 4 aromatic carbocycles. The van der Waals surface area contributed by atoms with Gasteiger partial charge in [0.05, 0.1) is 27.6 Å². The Morgan fingerprint density at radius 2 is 0.938 bits per heavy atom. The third-order valence-electron chi connectivity index (χ3n) is 6.34. The van der Waals surface area contributed by atoms with Crippen LogP contribution in [0.3, 0.4) is 0 Å². The standard InChI is InChI=1S/C29H19N3/c1-3-11-20(12-4-1)31-25-17-9-7-15-22(25)24-19-30-27-23-16-8-10-18-26(23)32(29(27)28(24)31)21-13-5-2-6-14-21/h1-19H. The minimum atomic E-state index is 1.02. The molecule has 3 heteroatoms. The Bertz CT molecular complexity index is 1620. The topological polar surface area (TPSA) is 22.8 Å². The molecular formula is C29H19N3. The van der Waals surface area contributed by atoms with Crippen LogP contribution in [-0.4, -0.2) is 14.1 Å². The molecule has 0 unspecified atom stereocenters. The molecule has 7 rings (SSSR count). The van der Waals surface area contributed by atoms with Crippen molar-refractivity contribution >= 4 is 43.7 Å². The highest BCUT2D eigenvalue weighted by Crippen LogP contribution is 2.40. The number of benzene rings is 4. The van der Waals surface area contributed by atoms with Gasteiger partial charge in [0.15, 0.2) is 0 Å². The van der Waals surface area contributed by atoms with Crippen LogP contribution in [-0.2, 0) is 0 Å². The van der Waals surface area contributed by atoms with Gasteiger partial charge in [-0.1, -0.05) is 72.8 Å². The Morgan fingerprint density at radius 1 is 0.438 bits per heavy atom. The van der Waals surface area contributed by atoms with E-state index in [1.54, 1.807) is 0 Å². The van der Waals surface area contributed by atoms with E-state index in [4.69, 9.17) is 4.98 Å². The van der Waals surface area contributed by atoms with E-state index in [0.717, 1.165) is 33.2 Å². The molecule has 0 aliphatic rings. The highest BCUT2D eigenvalue weighted by molar-refractivity contribution is 6.22. The Kier molecular flexibility index (Phi) is 3.55. The van der Waals surface area contributed by atoms with Crippen LogP contribution in [0.2, 0.25) is 0 Å². The van der Waals surface area contributed by atoms with E-state index in [0.29, 0.717) is 0 Å². The minimum absolute atomic E-state index is 1.02. The summed E-state index contributed by atoms with van der Waals surface area (Å²) in [7, 11) is 0. The van der Waals surface area contributed by atoms with E-state index < -0.39 is 0 Å². The fraction of sp³-hybridized carbons (Fsp3) is 0. The van der Waals surface area contributed by atoms with Gasteiger partial charge in [-0.15, -0.1) is 0 Å². The van der Waals surface area contributed by atoms with Crippen molar-refractivity contribution in [3.63, 3.8) is 0 Å². The van der Waals surface area contributed by atoms with E-state index in [1.807, 2.05) is 6.20 Å². The van der Waals surface area contributed by atoms with E-state index >= 15 is 0 Å². The van der Waals surface area contributed by atoms with Crippen molar-refractivity contribution in [3.05, 3.63) is 115 Å². The summed E-state index contributed by atoms with van der Waals surface area (Å²) < 4.78 is 4.74. The predicted octanol–water partition coefficient (Wildman–Crippen LogP) is 7.28. The molecule has 0 amide bonds. The first-order valence-corrected chi connectivity index (χ1v) is 10.8. The average Bonchev–Trinajstić information content (AvgIpc) is 3.38. The normalized spacial score (nSPS) is 11.8. The lowest BCUT2D eigenvalue weighted by Gasteiger charge is -2.12. The Morgan fingerprint density at radius 3 is 1.59 bits per heavy atom. The lowest BCUT2D eigenvalue weighted by Crippen LogP contribution is -1.98. The molecular weight excluding hydrogens is 390 g/mol. The zero-order valence-electron chi connectivity index (χ0n) is 17.3. The van der Waals surface area contributed by atoms with Crippen molar-refractivity contribution in [1.82, 2.24) is 14.1 Å². The third kappa shape index (κ3) is 2.28. The van der Waals surface area contributed by atoms with Crippen molar-refractivity contribution in [3.8, 4) is 11.4 Å². The van der Waals surface area contributed by atoms with Crippen LogP contribution in [0.5, 0.6) is 0 Å². The van der Waals surface area contributed by atoms with Crippen LogP contribution in [0.1, 0.15) is 0 Å². The summed E-state index contributed by atoms with van der Waals surface area (Å²) in [6, 6.07) is 38.4. The Labute approximate surface area is 184 Å². The highest BCUT2D eigenvalue weighted by atomic mass is 15.1. The number of fused-ring (bicyclic) bond motifs is 7. The van der Waals surface area contributed by atoms with Crippen molar-refractivity contribution in [2.45, 2.75) is 0 Å². The minimum Gasteiger partial charge on any atom is -0.307 e. The summed E-state index contributed by atoms with van der Waals surface area (Å²) in [4.78, 5) is 5.01. The fourth-order valence-electron chi connectivity index (χ4n) is 5.02. The zero-order chi connectivity index (χ0) is 21.1. The van der Waals surface area contributed by atoms with E-state index in [2.05, 4.69) is 118 Å². The average molecular weight is 409 g/mol. The van der Waals surface area contributed by atoms with Crippen LogP contribution >= 0.6 is 0 Å². The maximum Gasteiger partial charge on any atom is 0.0985 e. The summed E-state index contributed by atoms with van der Waals surface area (Å²) in [6.45, 7) is 0. The quantitative estimate of drug-likeness (QED) is 0.294. The first-order chi connectivity index (χ1) is 15.9. The number of nitrogens with zero attached hydrogens (tertiary/aromatic N) is 3. The molecule has 32 heavy (non-hydrogen) atoms. The highest BCUT2D eigenvalue weighted by Gasteiger charge is 2.21. The largest absolute Gasteiger partial charge is 0.307 e. The van der Waals surface area contributed by atoms with Gasteiger partial charge in [0, 0.05) is 33.7 Å². The van der Waals surface area contributed by atoms with Crippen LogP contribution in [0, 0.1) is 0 Å². The number of para-hydroxylation sites is 4. The lowest BCUT2D eigenvalue weighted by molar-refractivity contribution is 1.15. The predicted molar refractivity (Wildman–Crippen MR) is 133 cm³/mol. The van der Waals surface area contributed by atoms with Gasteiger partial charge in [0.25, 0.3) is 0 Å². The number of hydrogen-bond donors (Lipinski definition) is 0. The van der Waals surface area contributed by atoms with Crippen molar-refractivity contribution in [2.75, 3.05) is 0 Å². The summed E-state index contributed by atoms with van der Waals surface area (Å²) in [5, 5.41) is 3.54. The number of hydrogen-bond acceptors (Lipinski definition) is 1. The van der Waals surface area contributed by atoms with E-state index in [-0.39, 0.29) is 0 Å². The van der Waals surface area contributed by atoms with Gasteiger partial charge in [0.1, 0.15) is 0 Å². The molecule has 3 heterocycles. The Hall–Kier alpha value is -4.37. The summed E-state index contributed by atoms with van der Waals surface area (Å²) in [5.41, 5.74) is 7.98. The fourth-order valence-corrected chi connectivity index (χ4v) is 5.02. The zero-order valence-corrected chi connectivity index (χ0v) is 17.3. The van der Waals surface area contributed by atoms with Gasteiger partial charge < -0.3 is 9.13 Å². The van der Waals surface area contributed by atoms with Crippen molar-refractivity contribution in [1.29, 1.82) is 0 Å². The van der Waals surface area contributed by atoms with Gasteiger partial charge in [0.2, 0.25) is 0 Å². The monoisotopic (exact) mass is 409 g/mol. The molecule has 0 aliphatic carbocycles. The SMILES string of the molecule is c1ccc(-n2c3ccccc3c3cnc4c5ccccc5n(-c5ccccc5)c4c32)cc1. The number of rotatable bonds is 2. The molecule has 3 nitrogen and oxygen atoms in total. The second-order valence-electron chi connectivity index (χ2n) is 8.09. The second kappa shape index (κ2) is 6.56. The van der Waals surface area contributed by atoms with Crippen molar-refractivity contribution in [2.24, 2.45) is 0 Å². The van der Waals surface area contributed by atoms with Gasteiger partial charge in [-0.05, 0) is 36.4 Å². The first-order valence-electron chi connectivity index (χ1n) is 10.8. The van der Waals surface area contributed by atoms with Crippen molar-refractivity contribution < 1.29 is 0 Å². The summed E-state index contributed by atoms with van der Waals surface area (Å²) in [5.74, 6) is 0. The van der Waals surface area contributed by atoms with Gasteiger partial charge >= 0.3 is 0 Å². The molecule has 0 spiro atoms. The number of aromatic nitrogens is 3. The summed E-state index contributed by atoms with van der Waals surface area (Å²) in [6.07, 6.45) is 2.04. The van der Waals surface area contributed by atoms with Crippen LogP contribution in [0.25, 0.3) is 55.1 Å². The molecule has 0 radical (unpaired) electrons. The van der Waals surface area contributed by atoms with E-state index in [9.17, 15) is 0 Å². The molecule has 0 N–H and O–H groups in total. The first kappa shape index (κ1) is 17.3. The molecule has 150 valence electrons. The van der Waals surface area contributed by atoms with E-state index in [1.165, 1.54) is 21.9 Å². The Balaban J connectivity index is 1.81. The maximum absolute atomic E-state index is 5.01. The smallest absolute Gasteiger partial charge is 0.0985 e. The molecule has 0 saturated carbocycles. The molecule has 0 fully saturated rings. The summed E-state index contributed by atoms with van der Waals surface area (Å²) >= 11 is 0. The second-order valence-corrected chi connectivity index (χ2v) is 8.09. The van der Waals surface area contributed by atoms with Gasteiger partial charge in [-0.3, -0.25) is 4.98 Å². The molecule has 0 aliphatic heterocycles. The van der Waals surface area contributed by atoms with Crippen LogP contribution in [0.4, 0.5) is 0 Å². The molecule has 0 atom stereocenters. The van der Waals surface area contributed by atoms with Gasteiger partial charge in [-0.25, -0.2) is 0 Å². The van der Waals surface area contributed by atoms with Crippen LogP contribution in [0.15, 0.2) is 115 Å². The lowest BCUT2D eigenvalue weighted by atomic mass is 10.2. The molecule has 7 aromatic rings. The third-order valence-corrected chi connectivity index (χ3v) is 6.34. The molecule has 0 saturated heterocycles. The number of pyridine rings is 1. The molecule has 0 bridgehead atoms. The molecule has 3 aromatic heterocycles. The van der Waals surface area contributed by atoms with Gasteiger partial charge in [-0.2, -0.15) is 0 Å². The van der Waals surface area contributed by atoms with Crippen LogP contribution < -0.4 is 0 Å².